The van der Waals surface area contributed by atoms with Crippen LogP contribution in [0.25, 0.3) is 0 Å². The number of likely N-dealkylation sites (tertiary alicyclic amines) is 1. The zero-order valence-electron chi connectivity index (χ0n) is 12.5. The maximum Gasteiger partial charge on any atom is 0.224 e. The first-order chi connectivity index (χ1) is 10.6. The lowest BCUT2D eigenvalue weighted by atomic mass is 9.96. The quantitative estimate of drug-likeness (QED) is 0.824. The van der Waals surface area contributed by atoms with Crippen molar-refractivity contribution in [3.63, 3.8) is 0 Å². The van der Waals surface area contributed by atoms with Crippen molar-refractivity contribution in [1.29, 1.82) is 0 Å². The van der Waals surface area contributed by atoms with Crippen molar-refractivity contribution in [3.05, 3.63) is 21.3 Å². The first kappa shape index (κ1) is 17.2. The van der Waals surface area contributed by atoms with Crippen LogP contribution in [0.15, 0.2) is 11.4 Å². The van der Waals surface area contributed by atoms with Crippen molar-refractivity contribution in [2.24, 2.45) is 11.7 Å². The molecule has 1 saturated heterocycles. The maximum atomic E-state index is 12.3. The molecule has 0 aliphatic carbocycles. The third kappa shape index (κ3) is 4.97. The molecule has 2 heterocycles. The Balaban J connectivity index is 1.80. The van der Waals surface area contributed by atoms with E-state index in [-0.39, 0.29) is 17.7 Å². The summed E-state index contributed by atoms with van der Waals surface area (Å²) in [7, 11) is 0. The van der Waals surface area contributed by atoms with Crippen LogP contribution in [0.1, 0.15) is 24.1 Å². The first-order valence-corrected chi connectivity index (χ1v) is 8.84. The average Bonchev–Trinajstić information content (AvgIpc) is 2.96. The van der Waals surface area contributed by atoms with E-state index < -0.39 is 0 Å². The molecule has 1 aromatic rings. The second kappa shape index (κ2) is 8.50. The van der Waals surface area contributed by atoms with Crippen LogP contribution in [-0.4, -0.2) is 42.9 Å². The Morgan fingerprint density at radius 2 is 2.32 bits per heavy atom. The van der Waals surface area contributed by atoms with E-state index in [4.69, 9.17) is 17.3 Å². The van der Waals surface area contributed by atoms with Crippen LogP contribution < -0.4 is 11.1 Å². The van der Waals surface area contributed by atoms with Gasteiger partial charge in [-0.1, -0.05) is 11.6 Å². The molecule has 7 heteroatoms. The Labute approximate surface area is 139 Å². The van der Waals surface area contributed by atoms with Crippen LogP contribution >= 0.6 is 22.9 Å². The van der Waals surface area contributed by atoms with Crippen LogP contribution in [0.5, 0.6) is 0 Å². The number of hydrogen-bond acceptors (Lipinski definition) is 4. The highest BCUT2D eigenvalue weighted by Gasteiger charge is 2.27. The number of nitrogens with two attached hydrogens (primary N) is 1. The molecule has 1 fully saturated rings. The highest BCUT2D eigenvalue weighted by Crippen LogP contribution is 2.22. The molecular formula is C15H22ClN3O2S. The summed E-state index contributed by atoms with van der Waals surface area (Å²) in [5.74, 6) is 0.00858. The number of carbonyl (C=O) groups excluding carboxylic acids is 2. The molecule has 1 atom stereocenters. The smallest absolute Gasteiger partial charge is 0.224 e. The second-order valence-corrected chi connectivity index (χ2v) is 6.92. The van der Waals surface area contributed by atoms with E-state index >= 15 is 0 Å². The fourth-order valence-corrected chi connectivity index (χ4v) is 3.71. The summed E-state index contributed by atoms with van der Waals surface area (Å²) in [6.45, 7) is 2.18. The third-order valence-corrected chi connectivity index (χ3v) is 5.14. The summed E-state index contributed by atoms with van der Waals surface area (Å²) in [6, 6.07) is 1.90. The Bertz CT molecular complexity index is 521. The number of nitrogens with zero attached hydrogens (tertiary/aromatic N) is 1. The van der Waals surface area contributed by atoms with Gasteiger partial charge in [-0.05, 0) is 25.3 Å². The van der Waals surface area contributed by atoms with Gasteiger partial charge in [0.15, 0.2) is 0 Å². The Kier molecular flexibility index (Phi) is 6.67. The fraction of sp³-hybridized carbons (Fsp3) is 0.600. The first-order valence-electron chi connectivity index (χ1n) is 7.58. The minimum atomic E-state index is -0.111. The van der Waals surface area contributed by atoms with E-state index in [1.807, 2.05) is 16.3 Å². The molecule has 2 amide bonds. The van der Waals surface area contributed by atoms with Gasteiger partial charge in [0.2, 0.25) is 11.8 Å². The Hall–Kier alpha value is -1.11. The van der Waals surface area contributed by atoms with Crippen LogP contribution in [0.3, 0.4) is 0 Å². The summed E-state index contributed by atoms with van der Waals surface area (Å²) >= 11 is 7.46. The molecule has 1 aromatic heterocycles. The summed E-state index contributed by atoms with van der Waals surface area (Å²) < 4.78 is 0. The summed E-state index contributed by atoms with van der Waals surface area (Å²) in [4.78, 5) is 27.2. The summed E-state index contributed by atoms with van der Waals surface area (Å²) in [5.41, 5.74) is 5.39. The highest BCUT2D eigenvalue weighted by molar-refractivity contribution is 7.10. The minimum absolute atomic E-state index is 0.00740. The van der Waals surface area contributed by atoms with Gasteiger partial charge in [0.05, 0.1) is 10.9 Å². The second-order valence-electron chi connectivity index (χ2n) is 5.49. The van der Waals surface area contributed by atoms with E-state index in [1.54, 1.807) is 11.3 Å². The molecule has 2 rings (SSSR count). The van der Waals surface area contributed by atoms with Gasteiger partial charge >= 0.3 is 0 Å². The van der Waals surface area contributed by atoms with Gasteiger partial charge in [-0.25, -0.2) is 0 Å². The molecule has 22 heavy (non-hydrogen) atoms. The predicted molar refractivity (Wildman–Crippen MR) is 89.0 cm³/mol. The van der Waals surface area contributed by atoms with Crippen molar-refractivity contribution in [1.82, 2.24) is 10.2 Å². The van der Waals surface area contributed by atoms with Crippen LogP contribution in [0.4, 0.5) is 0 Å². The lowest BCUT2D eigenvalue weighted by molar-refractivity contribution is -0.135. The van der Waals surface area contributed by atoms with Crippen molar-refractivity contribution in [2.45, 2.75) is 25.7 Å². The minimum Gasteiger partial charge on any atom is -0.355 e. The van der Waals surface area contributed by atoms with E-state index in [1.165, 1.54) is 0 Å². The standard InChI is InChI=1S/C15H22ClN3O2S/c16-12-8-13(22-10-12)3-4-14(20)19-7-1-2-11(9-19)15(21)18-6-5-17/h8,10-11H,1-7,9,17H2,(H,18,21). The van der Waals surface area contributed by atoms with Gasteiger partial charge in [-0.2, -0.15) is 0 Å². The van der Waals surface area contributed by atoms with Crippen LogP contribution in [0.2, 0.25) is 5.02 Å². The summed E-state index contributed by atoms with van der Waals surface area (Å²) in [6.07, 6.45) is 2.88. The molecule has 0 spiro atoms. The highest BCUT2D eigenvalue weighted by atomic mass is 35.5. The number of aryl methyl sites for hydroxylation is 1. The van der Waals surface area contributed by atoms with Gasteiger partial charge in [0, 0.05) is 42.9 Å². The third-order valence-electron chi connectivity index (χ3n) is 3.80. The molecule has 0 bridgehead atoms. The maximum absolute atomic E-state index is 12.3. The number of thiophene rings is 1. The van der Waals surface area contributed by atoms with Crippen molar-refractivity contribution in [3.8, 4) is 0 Å². The lowest BCUT2D eigenvalue weighted by Gasteiger charge is -2.32. The van der Waals surface area contributed by atoms with Gasteiger partial charge in [0.25, 0.3) is 0 Å². The Morgan fingerprint density at radius 1 is 1.50 bits per heavy atom. The number of amides is 2. The SMILES string of the molecule is NCCNC(=O)C1CCCN(C(=O)CCc2cc(Cl)cs2)C1. The molecule has 122 valence electrons. The largest absolute Gasteiger partial charge is 0.355 e. The van der Waals surface area contributed by atoms with E-state index in [0.717, 1.165) is 29.3 Å². The van der Waals surface area contributed by atoms with E-state index in [9.17, 15) is 9.59 Å². The molecule has 0 aromatic carbocycles. The zero-order chi connectivity index (χ0) is 15.9. The molecule has 1 unspecified atom stereocenters. The van der Waals surface area contributed by atoms with Gasteiger partial charge < -0.3 is 16.0 Å². The molecule has 3 N–H and O–H groups in total. The van der Waals surface area contributed by atoms with Crippen molar-refractivity contribution < 1.29 is 9.59 Å². The normalized spacial score (nSPS) is 18.3. The van der Waals surface area contributed by atoms with Crippen molar-refractivity contribution in [2.75, 3.05) is 26.2 Å². The monoisotopic (exact) mass is 343 g/mol. The number of hydrogen-bond donors (Lipinski definition) is 2. The zero-order valence-corrected chi connectivity index (χ0v) is 14.1. The van der Waals surface area contributed by atoms with Gasteiger partial charge in [0.1, 0.15) is 0 Å². The molecule has 0 radical (unpaired) electrons. The number of carbonyl (C=O) groups is 2. The average molecular weight is 344 g/mol. The fourth-order valence-electron chi connectivity index (χ4n) is 2.63. The van der Waals surface area contributed by atoms with Gasteiger partial charge in [-0.15, -0.1) is 11.3 Å². The molecule has 0 saturated carbocycles. The number of rotatable bonds is 6. The van der Waals surface area contributed by atoms with Gasteiger partial charge in [-0.3, -0.25) is 9.59 Å². The number of nitrogens with one attached hydrogen (secondary N) is 1. The van der Waals surface area contributed by atoms with Crippen molar-refractivity contribution >= 4 is 34.8 Å². The predicted octanol–water partition coefficient (Wildman–Crippen LogP) is 1.65. The van der Waals surface area contributed by atoms with Crippen LogP contribution in [0, 0.1) is 5.92 Å². The molecule has 5 nitrogen and oxygen atoms in total. The lowest BCUT2D eigenvalue weighted by Crippen LogP contribution is -2.46. The Morgan fingerprint density at radius 3 is 3.00 bits per heavy atom. The van der Waals surface area contributed by atoms with E-state index in [0.29, 0.717) is 32.5 Å². The summed E-state index contributed by atoms with van der Waals surface area (Å²) in [5, 5.41) is 5.41. The number of piperidine rings is 1. The topological polar surface area (TPSA) is 75.4 Å². The molecule has 1 aliphatic rings. The number of halogens is 1. The molecular weight excluding hydrogens is 322 g/mol. The molecule has 1 aliphatic heterocycles. The van der Waals surface area contributed by atoms with Crippen LogP contribution in [-0.2, 0) is 16.0 Å². The van der Waals surface area contributed by atoms with E-state index in [2.05, 4.69) is 5.32 Å².